The second-order valence-electron chi connectivity index (χ2n) is 4.28. The van der Waals surface area contributed by atoms with Crippen LogP contribution in [0.5, 0.6) is 0 Å². The van der Waals surface area contributed by atoms with Gasteiger partial charge in [-0.15, -0.1) is 0 Å². The van der Waals surface area contributed by atoms with Crippen LogP contribution in [0.15, 0.2) is 0 Å². The van der Waals surface area contributed by atoms with E-state index in [1.54, 1.807) is 6.92 Å². The van der Waals surface area contributed by atoms with Crippen molar-refractivity contribution >= 4 is 11.9 Å². The van der Waals surface area contributed by atoms with Crippen molar-refractivity contribution in [2.75, 3.05) is 6.61 Å². The largest absolute Gasteiger partial charge is 0.481 e. The summed E-state index contributed by atoms with van der Waals surface area (Å²) in [6.07, 6.45) is 4.01. The third kappa shape index (κ3) is 3.20. The first kappa shape index (κ1) is 13.0. The Morgan fingerprint density at radius 3 is 2.44 bits per heavy atom. The standard InChI is InChI=1S/C11H19NO4/c1-2-16-12-9(13)8-11(10(14)15)6-4-3-5-7-11/h2-8H2,1H3,(H,12,13)(H,14,15). The number of carbonyl (C=O) groups excluding carboxylic acids is 1. The summed E-state index contributed by atoms with van der Waals surface area (Å²) in [5.74, 6) is -1.20. The van der Waals surface area contributed by atoms with Crippen molar-refractivity contribution in [1.82, 2.24) is 5.48 Å². The number of carboxylic acid groups (broad SMARTS) is 1. The van der Waals surface area contributed by atoms with Gasteiger partial charge < -0.3 is 5.11 Å². The van der Waals surface area contributed by atoms with E-state index in [0.717, 1.165) is 19.3 Å². The van der Waals surface area contributed by atoms with Crippen molar-refractivity contribution in [1.29, 1.82) is 0 Å². The van der Waals surface area contributed by atoms with Crippen LogP contribution in [0.4, 0.5) is 0 Å². The minimum atomic E-state index is -0.876. The first-order chi connectivity index (χ1) is 7.60. The number of carbonyl (C=O) groups is 2. The predicted octanol–water partition coefficient (Wildman–Crippen LogP) is 1.48. The minimum absolute atomic E-state index is 0.0162. The number of rotatable bonds is 5. The lowest BCUT2D eigenvalue weighted by atomic mass is 9.72. The fourth-order valence-corrected chi connectivity index (χ4v) is 2.19. The molecule has 0 unspecified atom stereocenters. The van der Waals surface area contributed by atoms with Gasteiger partial charge in [-0.05, 0) is 19.8 Å². The van der Waals surface area contributed by atoms with Crippen LogP contribution in [0.3, 0.4) is 0 Å². The molecule has 1 aliphatic carbocycles. The van der Waals surface area contributed by atoms with Crippen LogP contribution in [0.1, 0.15) is 45.4 Å². The molecule has 0 heterocycles. The molecule has 1 rings (SSSR count). The molecule has 5 nitrogen and oxygen atoms in total. The minimum Gasteiger partial charge on any atom is -0.481 e. The zero-order valence-corrected chi connectivity index (χ0v) is 9.62. The molecule has 0 aromatic rings. The molecule has 2 N–H and O–H groups in total. The highest BCUT2D eigenvalue weighted by atomic mass is 16.6. The molecule has 1 fully saturated rings. The van der Waals surface area contributed by atoms with Gasteiger partial charge in [-0.25, -0.2) is 5.48 Å². The molecule has 0 bridgehead atoms. The lowest BCUT2D eigenvalue weighted by Crippen LogP contribution is -2.39. The van der Waals surface area contributed by atoms with E-state index in [2.05, 4.69) is 5.48 Å². The molecule has 0 spiro atoms. The Kier molecular flexibility index (Phi) is 4.73. The number of hydroxylamine groups is 1. The summed E-state index contributed by atoms with van der Waals surface area (Å²) < 4.78 is 0. The molecule has 16 heavy (non-hydrogen) atoms. The van der Waals surface area contributed by atoms with Gasteiger partial charge in [0.05, 0.1) is 12.0 Å². The number of hydrogen-bond acceptors (Lipinski definition) is 3. The zero-order chi connectivity index (χ0) is 12.0. The zero-order valence-electron chi connectivity index (χ0n) is 9.62. The van der Waals surface area contributed by atoms with E-state index >= 15 is 0 Å². The number of amides is 1. The molecule has 1 aliphatic rings. The van der Waals surface area contributed by atoms with Crippen molar-refractivity contribution in [3.05, 3.63) is 0 Å². The first-order valence-corrected chi connectivity index (χ1v) is 5.75. The fraction of sp³-hybridized carbons (Fsp3) is 0.818. The molecule has 5 heteroatoms. The third-order valence-corrected chi connectivity index (χ3v) is 3.09. The summed E-state index contributed by atoms with van der Waals surface area (Å²) >= 11 is 0. The topological polar surface area (TPSA) is 75.6 Å². The maximum Gasteiger partial charge on any atom is 0.310 e. The van der Waals surface area contributed by atoms with E-state index in [0.29, 0.717) is 19.4 Å². The monoisotopic (exact) mass is 229 g/mol. The van der Waals surface area contributed by atoms with Gasteiger partial charge >= 0.3 is 5.97 Å². The van der Waals surface area contributed by atoms with Crippen LogP contribution in [-0.2, 0) is 14.4 Å². The van der Waals surface area contributed by atoms with Crippen molar-refractivity contribution < 1.29 is 19.5 Å². The fourth-order valence-electron chi connectivity index (χ4n) is 2.19. The van der Waals surface area contributed by atoms with Crippen LogP contribution >= 0.6 is 0 Å². The smallest absolute Gasteiger partial charge is 0.310 e. The maximum absolute atomic E-state index is 11.5. The highest BCUT2D eigenvalue weighted by Crippen LogP contribution is 2.39. The molecular formula is C11H19NO4. The predicted molar refractivity (Wildman–Crippen MR) is 57.5 cm³/mol. The van der Waals surface area contributed by atoms with Gasteiger partial charge in [0.25, 0.3) is 0 Å². The molecule has 0 aromatic heterocycles. The molecule has 1 saturated carbocycles. The van der Waals surface area contributed by atoms with Crippen LogP contribution in [0.2, 0.25) is 0 Å². The Morgan fingerprint density at radius 1 is 1.31 bits per heavy atom. The highest BCUT2D eigenvalue weighted by Gasteiger charge is 2.41. The Morgan fingerprint density at radius 2 is 1.94 bits per heavy atom. The summed E-state index contributed by atoms with van der Waals surface area (Å²) in [6.45, 7) is 2.14. The van der Waals surface area contributed by atoms with Gasteiger partial charge in [0.2, 0.25) is 5.91 Å². The summed E-state index contributed by atoms with van der Waals surface area (Å²) in [7, 11) is 0. The van der Waals surface area contributed by atoms with Gasteiger partial charge in [0.1, 0.15) is 0 Å². The molecule has 0 aromatic carbocycles. The Hall–Kier alpha value is -1.10. The van der Waals surface area contributed by atoms with Gasteiger partial charge in [0, 0.05) is 6.42 Å². The first-order valence-electron chi connectivity index (χ1n) is 5.75. The normalized spacial score (nSPS) is 19.1. The van der Waals surface area contributed by atoms with Crippen molar-refractivity contribution in [3.8, 4) is 0 Å². The maximum atomic E-state index is 11.5. The molecule has 0 saturated heterocycles. The summed E-state index contributed by atoms with van der Waals surface area (Å²) in [5, 5.41) is 9.24. The van der Waals surface area contributed by atoms with Crippen LogP contribution in [0.25, 0.3) is 0 Å². The molecule has 1 amide bonds. The molecular weight excluding hydrogens is 210 g/mol. The lowest BCUT2D eigenvalue weighted by Gasteiger charge is -2.32. The highest BCUT2D eigenvalue weighted by molar-refractivity contribution is 5.84. The van der Waals surface area contributed by atoms with E-state index in [1.807, 2.05) is 0 Å². The van der Waals surface area contributed by atoms with Crippen molar-refractivity contribution in [2.24, 2.45) is 5.41 Å². The Balaban J connectivity index is 2.56. The quantitative estimate of drug-likeness (QED) is 0.700. The SMILES string of the molecule is CCONC(=O)CC1(C(=O)O)CCCCC1. The van der Waals surface area contributed by atoms with E-state index in [4.69, 9.17) is 4.84 Å². The van der Waals surface area contributed by atoms with Gasteiger partial charge in [-0.3, -0.25) is 14.4 Å². The molecule has 0 aliphatic heterocycles. The van der Waals surface area contributed by atoms with Crippen LogP contribution in [-0.4, -0.2) is 23.6 Å². The second kappa shape index (κ2) is 5.84. The van der Waals surface area contributed by atoms with Crippen molar-refractivity contribution in [2.45, 2.75) is 45.4 Å². The average Bonchev–Trinajstić information content (AvgIpc) is 2.27. The second-order valence-corrected chi connectivity index (χ2v) is 4.28. The molecule has 92 valence electrons. The van der Waals surface area contributed by atoms with E-state index in [-0.39, 0.29) is 12.3 Å². The number of nitrogens with one attached hydrogen (secondary N) is 1. The molecule has 0 atom stereocenters. The van der Waals surface area contributed by atoms with Crippen molar-refractivity contribution in [3.63, 3.8) is 0 Å². The summed E-state index contributed by atoms with van der Waals surface area (Å²) in [5.41, 5.74) is 1.38. The molecule has 0 radical (unpaired) electrons. The average molecular weight is 229 g/mol. The summed E-state index contributed by atoms with van der Waals surface area (Å²) in [4.78, 5) is 27.5. The van der Waals surface area contributed by atoms with E-state index in [1.165, 1.54) is 0 Å². The van der Waals surface area contributed by atoms with Gasteiger partial charge in [-0.1, -0.05) is 19.3 Å². The van der Waals surface area contributed by atoms with Crippen LogP contribution in [0, 0.1) is 5.41 Å². The van der Waals surface area contributed by atoms with Gasteiger partial charge in [-0.2, -0.15) is 0 Å². The number of carboxylic acids is 1. The number of aliphatic carboxylic acids is 1. The van der Waals surface area contributed by atoms with E-state index < -0.39 is 11.4 Å². The number of hydrogen-bond donors (Lipinski definition) is 2. The van der Waals surface area contributed by atoms with E-state index in [9.17, 15) is 14.7 Å². The Bertz CT molecular complexity index is 259. The lowest BCUT2D eigenvalue weighted by molar-refractivity contribution is -0.156. The van der Waals surface area contributed by atoms with Gasteiger partial charge in [0.15, 0.2) is 0 Å². The Labute approximate surface area is 95.1 Å². The third-order valence-electron chi connectivity index (χ3n) is 3.09. The summed E-state index contributed by atoms with van der Waals surface area (Å²) in [6, 6.07) is 0. The van der Waals surface area contributed by atoms with Crippen LogP contribution < -0.4 is 5.48 Å².